The van der Waals surface area contributed by atoms with E-state index in [0.29, 0.717) is 17.1 Å². The maximum absolute atomic E-state index is 12.6. The van der Waals surface area contributed by atoms with E-state index >= 15 is 0 Å². The van der Waals surface area contributed by atoms with Crippen molar-refractivity contribution in [3.63, 3.8) is 0 Å². The van der Waals surface area contributed by atoms with E-state index in [9.17, 15) is 13.4 Å². The molecule has 1 aromatic rings. The average Bonchev–Trinajstić information content (AvgIpc) is 2.26. The van der Waals surface area contributed by atoms with Crippen molar-refractivity contribution >= 4 is 16.6 Å². The molecule has 0 radical (unpaired) electrons. The summed E-state index contributed by atoms with van der Waals surface area (Å²) in [5, 5.41) is 0. The quantitative estimate of drug-likeness (QED) is 0.724. The number of benzene rings is 1. The Bertz CT molecular complexity index is 359. The van der Waals surface area contributed by atoms with E-state index in [-0.39, 0.29) is 18.0 Å². The van der Waals surface area contributed by atoms with Crippen molar-refractivity contribution in [2.75, 3.05) is 11.5 Å². The largest absolute Gasteiger partial charge is 0.294 e. The molecule has 1 unspecified atom stereocenters. The number of rotatable bonds is 5. The third-order valence-corrected chi connectivity index (χ3v) is 3.35. The summed E-state index contributed by atoms with van der Waals surface area (Å²) in [7, 11) is -0.921. The lowest BCUT2D eigenvalue weighted by atomic mass is 10.1. The second kappa shape index (κ2) is 5.75. The second-order valence-corrected chi connectivity index (χ2v) is 4.98. The molecule has 0 amide bonds. The normalized spacial score (nSPS) is 12.4. The van der Waals surface area contributed by atoms with Gasteiger partial charge in [-0.3, -0.25) is 9.00 Å². The molecule has 82 valence electrons. The van der Waals surface area contributed by atoms with Crippen LogP contribution < -0.4 is 0 Å². The maximum Gasteiger partial charge on any atom is 0.163 e. The zero-order valence-corrected chi connectivity index (χ0v) is 9.35. The summed E-state index contributed by atoms with van der Waals surface area (Å²) in [6, 6.07) is 5.41. The predicted octanol–water partition coefficient (Wildman–Crippen LogP) is 2.17. The molecule has 0 heterocycles. The highest BCUT2D eigenvalue weighted by Gasteiger charge is 2.07. The Morgan fingerprint density at radius 3 is 2.47 bits per heavy atom. The molecule has 2 nitrogen and oxygen atoms in total. The Balaban J connectivity index is 2.54. The van der Waals surface area contributed by atoms with Crippen LogP contribution in [0, 0.1) is 5.82 Å². The van der Waals surface area contributed by atoms with Gasteiger partial charge in [0, 0.05) is 34.3 Å². The second-order valence-electron chi connectivity index (χ2n) is 3.11. The molecule has 0 spiro atoms. The van der Waals surface area contributed by atoms with Crippen LogP contribution in [0.2, 0.25) is 0 Å². The van der Waals surface area contributed by atoms with Gasteiger partial charge in [-0.2, -0.15) is 0 Å². The minimum Gasteiger partial charge on any atom is -0.294 e. The van der Waals surface area contributed by atoms with Gasteiger partial charge in [-0.05, 0) is 24.3 Å². The van der Waals surface area contributed by atoms with E-state index < -0.39 is 10.8 Å². The number of halogens is 1. The van der Waals surface area contributed by atoms with Gasteiger partial charge in [0.25, 0.3) is 0 Å². The molecule has 1 rings (SSSR count). The molecule has 15 heavy (non-hydrogen) atoms. The molecule has 0 saturated carbocycles. The molecule has 1 atom stereocenters. The smallest absolute Gasteiger partial charge is 0.163 e. The Kier molecular flexibility index (Phi) is 4.62. The van der Waals surface area contributed by atoms with Gasteiger partial charge in [-0.1, -0.05) is 6.92 Å². The van der Waals surface area contributed by atoms with Crippen molar-refractivity contribution in [1.29, 1.82) is 0 Å². The molecule has 0 bridgehead atoms. The topological polar surface area (TPSA) is 34.1 Å². The number of hydrogen-bond donors (Lipinski definition) is 0. The SMILES string of the molecule is CCS(=O)CCC(=O)c1ccc(F)cc1. The molecular formula is C11H13FO2S. The summed E-state index contributed by atoms with van der Waals surface area (Å²) in [5.41, 5.74) is 0.476. The van der Waals surface area contributed by atoms with Gasteiger partial charge in [-0.15, -0.1) is 0 Å². The summed E-state index contributed by atoms with van der Waals surface area (Å²) in [4.78, 5) is 11.5. The minimum absolute atomic E-state index is 0.0863. The van der Waals surface area contributed by atoms with Crippen LogP contribution in [0.15, 0.2) is 24.3 Å². The lowest BCUT2D eigenvalue weighted by Gasteiger charge is -2.00. The molecule has 0 aromatic heterocycles. The molecule has 0 aliphatic carbocycles. The van der Waals surface area contributed by atoms with Crippen molar-refractivity contribution in [1.82, 2.24) is 0 Å². The van der Waals surface area contributed by atoms with E-state index in [1.165, 1.54) is 24.3 Å². The monoisotopic (exact) mass is 228 g/mol. The molecule has 0 saturated heterocycles. The van der Waals surface area contributed by atoms with Crippen molar-refractivity contribution in [2.24, 2.45) is 0 Å². The van der Waals surface area contributed by atoms with Gasteiger partial charge >= 0.3 is 0 Å². The average molecular weight is 228 g/mol. The first-order valence-electron chi connectivity index (χ1n) is 4.77. The van der Waals surface area contributed by atoms with Gasteiger partial charge < -0.3 is 0 Å². The molecular weight excluding hydrogens is 215 g/mol. The van der Waals surface area contributed by atoms with Gasteiger partial charge in [0.1, 0.15) is 5.82 Å². The highest BCUT2D eigenvalue weighted by molar-refractivity contribution is 7.84. The zero-order chi connectivity index (χ0) is 11.3. The van der Waals surface area contributed by atoms with Crippen LogP contribution in [0.1, 0.15) is 23.7 Å². The van der Waals surface area contributed by atoms with Crippen LogP contribution >= 0.6 is 0 Å². The molecule has 0 aliphatic heterocycles. The molecule has 4 heteroatoms. The van der Waals surface area contributed by atoms with Crippen LogP contribution in [0.3, 0.4) is 0 Å². The van der Waals surface area contributed by atoms with E-state index in [1.807, 2.05) is 6.92 Å². The first-order valence-corrected chi connectivity index (χ1v) is 6.26. The van der Waals surface area contributed by atoms with Crippen LogP contribution in [-0.4, -0.2) is 21.5 Å². The van der Waals surface area contributed by atoms with Crippen LogP contribution in [0.4, 0.5) is 4.39 Å². The zero-order valence-electron chi connectivity index (χ0n) is 8.53. The van der Waals surface area contributed by atoms with Gasteiger partial charge in [0.15, 0.2) is 5.78 Å². The van der Waals surface area contributed by atoms with Crippen molar-refractivity contribution in [3.8, 4) is 0 Å². The third-order valence-electron chi connectivity index (χ3n) is 2.04. The number of hydrogen-bond acceptors (Lipinski definition) is 2. The van der Waals surface area contributed by atoms with Crippen molar-refractivity contribution < 1.29 is 13.4 Å². The molecule has 1 aromatic carbocycles. The van der Waals surface area contributed by atoms with E-state index in [4.69, 9.17) is 0 Å². The van der Waals surface area contributed by atoms with E-state index in [2.05, 4.69) is 0 Å². The minimum atomic E-state index is -0.921. The maximum atomic E-state index is 12.6. The lowest BCUT2D eigenvalue weighted by molar-refractivity contribution is 0.0989. The number of carbonyl (C=O) groups excluding carboxylic acids is 1. The number of carbonyl (C=O) groups is 1. The summed E-state index contributed by atoms with van der Waals surface area (Å²) in [5.74, 6) is 0.504. The molecule has 0 N–H and O–H groups in total. The van der Waals surface area contributed by atoms with Gasteiger partial charge in [0.05, 0.1) is 0 Å². The van der Waals surface area contributed by atoms with Gasteiger partial charge in [-0.25, -0.2) is 4.39 Å². The fourth-order valence-corrected chi connectivity index (χ4v) is 1.83. The van der Waals surface area contributed by atoms with E-state index in [1.54, 1.807) is 0 Å². The van der Waals surface area contributed by atoms with Crippen LogP contribution in [-0.2, 0) is 10.8 Å². The third kappa shape index (κ3) is 3.91. The van der Waals surface area contributed by atoms with E-state index in [0.717, 1.165) is 0 Å². The highest BCUT2D eigenvalue weighted by atomic mass is 32.2. The molecule has 0 aliphatic rings. The van der Waals surface area contributed by atoms with Crippen LogP contribution in [0.5, 0.6) is 0 Å². The standard InChI is InChI=1S/C11H13FO2S/c1-2-15(14)8-7-11(13)9-3-5-10(12)6-4-9/h3-6H,2,7-8H2,1H3. The summed E-state index contributed by atoms with van der Waals surface area (Å²) in [6.45, 7) is 1.82. The first-order chi connectivity index (χ1) is 7.13. The Morgan fingerprint density at radius 2 is 1.93 bits per heavy atom. The van der Waals surface area contributed by atoms with Gasteiger partial charge in [0.2, 0.25) is 0 Å². The van der Waals surface area contributed by atoms with Crippen LogP contribution in [0.25, 0.3) is 0 Å². The highest BCUT2D eigenvalue weighted by Crippen LogP contribution is 2.06. The van der Waals surface area contributed by atoms with Crippen molar-refractivity contribution in [3.05, 3.63) is 35.6 Å². The lowest BCUT2D eigenvalue weighted by Crippen LogP contribution is -2.07. The number of ketones is 1. The van der Waals surface area contributed by atoms with Crippen molar-refractivity contribution in [2.45, 2.75) is 13.3 Å². The summed E-state index contributed by atoms with van der Waals surface area (Å²) >= 11 is 0. The Morgan fingerprint density at radius 1 is 1.33 bits per heavy atom. The Labute approximate surface area is 91.0 Å². The number of Topliss-reactive ketones (excluding diaryl/α,β-unsaturated/α-hetero) is 1. The first kappa shape index (κ1) is 12.0. The Hall–Kier alpha value is -1.03. The summed E-state index contributed by atoms with van der Waals surface area (Å²) < 4.78 is 23.7. The molecule has 0 fully saturated rings. The fourth-order valence-electron chi connectivity index (χ4n) is 1.13. The fraction of sp³-hybridized carbons (Fsp3) is 0.364. The predicted molar refractivity (Wildman–Crippen MR) is 58.9 cm³/mol. The summed E-state index contributed by atoms with van der Waals surface area (Å²) in [6.07, 6.45) is 0.256.